The van der Waals surface area contributed by atoms with Gasteiger partial charge in [-0.2, -0.15) is 0 Å². The van der Waals surface area contributed by atoms with Gasteiger partial charge in [-0.05, 0) is 50.9 Å². The SMILES string of the molecule is CC(=O)c1ccc(S(=O)(=O)CC(=O)N2CC(CN)CC2C)cc1F.Cl. The van der Waals surface area contributed by atoms with Crippen LogP contribution in [0, 0.1) is 11.7 Å². The maximum Gasteiger partial charge on any atom is 0.238 e. The molecule has 1 aromatic carbocycles. The molecule has 2 N–H and O–H groups in total. The van der Waals surface area contributed by atoms with Gasteiger partial charge in [-0.3, -0.25) is 9.59 Å². The molecule has 2 rings (SSSR count). The van der Waals surface area contributed by atoms with Gasteiger partial charge >= 0.3 is 0 Å². The highest BCUT2D eigenvalue weighted by Gasteiger charge is 2.34. The lowest BCUT2D eigenvalue weighted by Gasteiger charge is -2.21. The number of amides is 1. The summed E-state index contributed by atoms with van der Waals surface area (Å²) < 4.78 is 38.6. The maximum absolute atomic E-state index is 13.8. The molecule has 9 heteroatoms. The number of hydrogen-bond donors (Lipinski definition) is 1. The highest BCUT2D eigenvalue weighted by Crippen LogP contribution is 2.23. The summed E-state index contributed by atoms with van der Waals surface area (Å²) >= 11 is 0. The van der Waals surface area contributed by atoms with E-state index in [-0.39, 0.29) is 34.8 Å². The van der Waals surface area contributed by atoms with Crippen molar-refractivity contribution in [3.8, 4) is 0 Å². The van der Waals surface area contributed by atoms with Gasteiger partial charge in [-0.25, -0.2) is 12.8 Å². The zero-order valence-corrected chi connectivity index (χ0v) is 15.7. The van der Waals surface area contributed by atoms with Gasteiger partial charge in [0, 0.05) is 12.6 Å². The minimum Gasteiger partial charge on any atom is -0.339 e. The molecule has 1 aromatic rings. The normalized spacial score (nSPS) is 20.2. The summed E-state index contributed by atoms with van der Waals surface area (Å²) in [4.78, 5) is 24.7. The van der Waals surface area contributed by atoms with E-state index in [1.54, 1.807) is 0 Å². The topological polar surface area (TPSA) is 97.5 Å². The second-order valence-electron chi connectivity index (χ2n) is 6.19. The predicted molar refractivity (Wildman–Crippen MR) is 94.0 cm³/mol. The molecule has 1 heterocycles. The molecular formula is C16H22ClFN2O4S. The number of hydrogen-bond acceptors (Lipinski definition) is 5. The Morgan fingerprint density at radius 3 is 2.48 bits per heavy atom. The fourth-order valence-corrected chi connectivity index (χ4v) is 4.18. The number of halogens is 2. The highest BCUT2D eigenvalue weighted by molar-refractivity contribution is 7.92. The first-order chi connectivity index (χ1) is 11.2. The van der Waals surface area contributed by atoms with Gasteiger partial charge in [0.1, 0.15) is 11.6 Å². The minimum absolute atomic E-state index is 0. The van der Waals surface area contributed by atoms with Gasteiger partial charge in [0.15, 0.2) is 15.6 Å². The smallest absolute Gasteiger partial charge is 0.238 e. The van der Waals surface area contributed by atoms with Crippen LogP contribution in [0.5, 0.6) is 0 Å². The fraction of sp³-hybridized carbons (Fsp3) is 0.500. The van der Waals surface area contributed by atoms with Crippen LogP contribution in [-0.4, -0.2) is 49.9 Å². The Morgan fingerprint density at radius 1 is 1.36 bits per heavy atom. The number of nitrogens with two attached hydrogens (primary N) is 1. The van der Waals surface area contributed by atoms with Crippen LogP contribution < -0.4 is 5.73 Å². The van der Waals surface area contributed by atoms with Crippen LogP contribution in [0.1, 0.15) is 30.6 Å². The van der Waals surface area contributed by atoms with Crippen LogP contribution in [0.15, 0.2) is 23.1 Å². The molecule has 0 aliphatic carbocycles. The van der Waals surface area contributed by atoms with Crippen LogP contribution in [-0.2, 0) is 14.6 Å². The number of ketones is 1. The second kappa shape index (κ2) is 8.25. The van der Waals surface area contributed by atoms with E-state index in [0.29, 0.717) is 13.1 Å². The standard InChI is InChI=1S/C16H21FN2O4S.ClH/c1-10-5-12(7-18)8-19(10)16(21)9-24(22,23)13-3-4-14(11(2)20)15(17)6-13;/h3-4,6,10,12H,5,7-9,18H2,1-2H3;1H. The zero-order chi connectivity index (χ0) is 18.1. The molecule has 6 nitrogen and oxygen atoms in total. The third-order valence-corrected chi connectivity index (χ3v) is 5.91. The van der Waals surface area contributed by atoms with Crippen molar-refractivity contribution in [2.45, 2.75) is 31.2 Å². The number of likely N-dealkylation sites (tertiary alicyclic amines) is 1. The summed E-state index contributed by atoms with van der Waals surface area (Å²) in [6.07, 6.45) is 0.740. The summed E-state index contributed by atoms with van der Waals surface area (Å²) in [5, 5.41) is 0. The zero-order valence-electron chi connectivity index (χ0n) is 14.1. The molecule has 25 heavy (non-hydrogen) atoms. The van der Waals surface area contributed by atoms with Crippen LogP contribution in [0.4, 0.5) is 4.39 Å². The molecule has 0 spiro atoms. The first kappa shape index (κ1) is 21.5. The van der Waals surface area contributed by atoms with Crippen molar-refractivity contribution in [3.63, 3.8) is 0 Å². The average Bonchev–Trinajstić information content (AvgIpc) is 2.87. The van der Waals surface area contributed by atoms with Gasteiger partial charge in [0.25, 0.3) is 0 Å². The first-order valence-electron chi connectivity index (χ1n) is 7.68. The van der Waals surface area contributed by atoms with E-state index < -0.39 is 33.1 Å². The molecule has 0 bridgehead atoms. The van der Waals surface area contributed by atoms with Crippen molar-refractivity contribution in [1.29, 1.82) is 0 Å². The Balaban J connectivity index is 0.00000312. The van der Waals surface area contributed by atoms with Crippen LogP contribution in [0.3, 0.4) is 0 Å². The Labute approximate surface area is 152 Å². The van der Waals surface area contributed by atoms with Crippen molar-refractivity contribution in [1.82, 2.24) is 4.90 Å². The highest BCUT2D eigenvalue weighted by atomic mass is 35.5. The molecule has 1 saturated heterocycles. The molecule has 2 atom stereocenters. The Morgan fingerprint density at radius 2 is 2.00 bits per heavy atom. The number of carbonyl (C=O) groups excluding carboxylic acids is 2. The number of nitrogens with zero attached hydrogens (tertiary/aromatic N) is 1. The van der Waals surface area contributed by atoms with Crippen LogP contribution in [0.2, 0.25) is 0 Å². The summed E-state index contributed by atoms with van der Waals surface area (Å²) in [6.45, 7) is 3.92. The summed E-state index contributed by atoms with van der Waals surface area (Å²) in [6, 6.07) is 2.99. The van der Waals surface area contributed by atoms with E-state index in [4.69, 9.17) is 5.73 Å². The molecule has 0 aromatic heterocycles. The Bertz CT molecular complexity index is 769. The van der Waals surface area contributed by atoms with Gasteiger partial charge in [-0.15, -0.1) is 12.4 Å². The number of sulfone groups is 1. The molecule has 0 radical (unpaired) electrons. The number of rotatable bonds is 5. The summed E-state index contributed by atoms with van der Waals surface area (Å²) in [5.74, 6) is -2.48. The van der Waals surface area contributed by atoms with Crippen molar-refractivity contribution >= 4 is 33.9 Å². The summed E-state index contributed by atoms with van der Waals surface area (Å²) in [5.41, 5.74) is 5.43. The van der Waals surface area contributed by atoms with E-state index in [1.807, 2.05) is 6.92 Å². The third-order valence-electron chi connectivity index (χ3n) is 4.31. The maximum atomic E-state index is 13.8. The van der Waals surface area contributed by atoms with Gasteiger partial charge in [0.05, 0.1) is 10.5 Å². The third kappa shape index (κ3) is 4.77. The second-order valence-corrected chi connectivity index (χ2v) is 8.18. The van der Waals surface area contributed by atoms with Crippen LogP contribution in [0.25, 0.3) is 0 Å². The predicted octanol–water partition coefficient (Wildman–Crippen LogP) is 1.42. The van der Waals surface area contributed by atoms with Gasteiger partial charge in [-0.1, -0.05) is 0 Å². The molecule has 1 aliphatic heterocycles. The quantitative estimate of drug-likeness (QED) is 0.764. The number of Topliss-reactive ketones (excluding diaryl/α,β-unsaturated/α-hetero) is 1. The Hall–Kier alpha value is -1.51. The average molecular weight is 393 g/mol. The number of carbonyl (C=O) groups is 2. The molecule has 2 unspecified atom stereocenters. The van der Waals surface area contributed by atoms with Crippen molar-refractivity contribution < 1.29 is 22.4 Å². The van der Waals surface area contributed by atoms with Gasteiger partial charge < -0.3 is 10.6 Å². The lowest BCUT2D eigenvalue weighted by Crippen LogP contribution is -2.38. The molecule has 0 saturated carbocycles. The minimum atomic E-state index is -3.98. The van der Waals surface area contributed by atoms with Gasteiger partial charge in [0.2, 0.25) is 5.91 Å². The van der Waals surface area contributed by atoms with Crippen LogP contribution >= 0.6 is 12.4 Å². The van der Waals surface area contributed by atoms with Crippen molar-refractivity contribution in [2.24, 2.45) is 11.7 Å². The van der Waals surface area contributed by atoms with E-state index in [2.05, 4.69) is 0 Å². The van der Waals surface area contributed by atoms with Crippen molar-refractivity contribution in [3.05, 3.63) is 29.6 Å². The van der Waals surface area contributed by atoms with E-state index >= 15 is 0 Å². The largest absolute Gasteiger partial charge is 0.339 e. The monoisotopic (exact) mass is 392 g/mol. The number of benzene rings is 1. The molecule has 1 aliphatic rings. The molecule has 1 amide bonds. The van der Waals surface area contributed by atoms with E-state index in [9.17, 15) is 22.4 Å². The Kier molecular flexibility index (Phi) is 7.10. The summed E-state index contributed by atoms with van der Waals surface area (Å²) in [7, 11) is -3.98. The molecule has 140 valence electrons. The van der Waals surface area contributed by atoms with Crippen molar-refractivity contribution in [2.75, 3.05) is 18.8 Å². The first-order valence-corrected chi connectivity index (χ1v) is 9.33. The lowest BCUT2D eigenvalue weighted by molar-refractivity contribution is -0.129. The molecular weight excluding hydrogens is 371 g/mol. The lowest BCUT2D eigenvalue weighted by atomic mass is 10.1. The van der Waals surface area contributed by atoms with E-state index in [0.717, 1.165) is 24.6 Å². The molecule has 1 fully saturated rings. The van der Waals surface area contributed by atoms with E-state index in [1.165, 1.54) is 11.8 Å². The fourth-order valence-electron chi connectivity index (χ4n) is 2.96.